The fraction of sp³-hybridized carbons (Fsp3) is 0.682. The van der Waals surface area contributed by atoms with Crippen molar-refractivity contribution in [1.29, 1.82) is 0 Å². The fourth-order valence-corrected chi connectivity index (χ4v) is 4.06. The Morgan fingerprint density at radius 2 is 1.90 bits per heavy atom. The highest BCUT2D eigenvalue weighted by Crippen LogP contribution is 2.25. The van der Waals surface area contributed by atoms with Gasteiger partial charge in [-0.15, -0.1) is 0 Å². The monoisotopic (exact) mass is 404 g/mol. The van der Waals surface area contributed by atoms with Crippen LogP contribution >= 0.6 is 0 Å². The second-order valence-electron chi connectivity index (χ2n) is 7.81. The second kappa shape index (κ2) is 11.4. The topological polar surface area (TPSA) is 78.4 Å². The van der Waals surface area contributed by atoms with Crippen LogP contribution in [0.5, 0.6) is 5.75 Å². The molecule has 1 unspecified atom stereocenters. The van der Waals surface area contributed by atoms with E-state index in [1.165, 1.54) is 5.56 Å². The summed E-state index contributed by atoms with van der Waals surface area (Å²) in [5.74, 6) is 1.73. The zero-order valence-corrected chi connectivity index (χ0v) is 17.8. The molecule has 0 radical (unpaired) electrons. The summed E-state index contributed by atoms with van der Waals surface area (Å²) in [6.45, 7) is 6.94. The summed E-state index contributed by atoms with van der Waals surface area (Å²) < 4.78 is 10.9. The Morgan fingerprint density at radius 3 is 2.52 bits per heavy atom. The van der Waals surface area contributed by atoms with Gasteiger partial charge in [0, 0.05) is 25.7 Å². The summed E-state index contributed by atoms with van der Waals surface area (Å²) in [6, 6.07) is 8.88. The lowest BCUT2D eigenvalue weighted by Crippen LogP contribution is -2.46. The molecule has 3 N–H and O–H groups in total. The van der Waals surface area contributed by atoms with Gasteiger partial charge in [-0.05, 0) is 50.3 Å². The van der Waals surface area contributed by atoms with Crippen LogP contribution in [-0.2, 0) is 4.74 Å². The Kier molecular flexibility index (Phi) is 8.58. The number of guanidine groups is 1. The van der Waals surface area contributed by atoms with E-state index in [9.17, 15) is 5.11 Å². The molecule has 1 aromatic rings. The predicted molar refractivity (Wildman–Crippen MR) is 116 cm³/mol. The van der Waals surface area contributed by atoms with Gasteiger partial charge in [0.2, 0.25) is 0 Å². The van der Waals surface area contributed by atoms with Crippen molar-refractivity contribution in [2.24, 2.45) is 4.99 Å². The molecule has 1 aliphatic carbocycles. The van der Waals surface area contributed by atoms with Gasteiger partial charge in [0.15, 0.2) is 5.96 Å². The smallest absolute Gasteiger partial charge is 0.191 e. The normalized spacial score (nSPS) is 24.7. The van der Waals surface area contributed by atoms with E-state index in [-0.39, 0.29) is 12.1 Å². The van der Waals surface area contributed by atoms with Crippen LogP contribution in [0.3, 0.4) is 0 Å². The van der Waals surface area contributed by atoms with Gasteiger partial charge in [0.25, 0.3) is 0 Å². The number of aliphatic hydroxyl groups excluding tert-OH is 1. The minimum absolute atomic E-state index is 0.145. The van der Waals surface area contributed by atoms with Gasteiger partial charge in [0.05, 0.1) is 39.0 Å². The number of benzene rings is 1. The highest BCUT2D eigenvalue weighted by molar-refractivity contribution is 5.80. The lowest BCUT2D eigenvalue weighted by atomic mass is 9.93. The third-order valence-electron chi connectivity index (χ3n) is 5.79. The van der Waals surface area contributed by atoms with E-state index in [4.69, 9.17) is 14.5 Å². The first-order chi connectivity index (χ1) is 14.2. The maximum absolute atomic E-state index is 9.75. The van der Waals surface area contributed by atoms with Gasteiger partial charge in [-0.3, -0.25) is 9.89 Å². The van der Waals surface area contributed by atoms with Gasteiger partial charge in [-0.1, -0.05) is 12.1 Å². The Bertz CT molecular complexity index is 623. The first-order valence-corrected chi connectivity index (χ1v) is 10.9. The van der Waals surface area contributed by atoms with Gasteiger partial charge in [0.1, 0.15) is 5.75 Å². The number of nitrogens with zero attached hydrogens (tertiary/aromatic N) is 2. The molecule has 29 heavy (non-hydrogen) atoms. The van der Waals surface area contributed by atoms with E-state index in [1.54, 1.807) is 7.11 Å². The number of rotatable bonds is 7. The van der Waals surface area contributed by atoms with Gasteiger partial charge < -0.3 is 25.2 Å². The fourth-order valence-electron chi connectivity index (χ4n) is 4.06. The van der Waals surface area contributed by atoms with Crippen molar-refractivity contribution in [2.75, 3.05) is 46.5 Å². The molecule has 1 heterocycles. The molecule has 0 amide bonds. The third kappa shape index (κ3) is 6.59. The lowest BCUT2D eigenvalue weighted by molar-refractivity contribution is 0.0179. The van der Waals surface area contributed by atoms with Crippen LogP contribution in [-0.4, -0.2) is 74.6 Å². The summed E-state index contributed by atoms with van der Waals surface area (Å²) in [6.07, 6.45) is 3.54. The molecule has 0 spiro atoms. The van der Waals surface area contributed by atoms with Crippen LogP contribution in [0.2, 0.25) is 0 Å². The zero-order chi connectivity index (χ0) is 20.5. The van der Waals surface area contributed by atoms with Crippen LogP contribution in [0.1, 0.15) is 44.2 Å². The molecule has 0 aromatic heterocycles. The average Bonchev–Trinajstić information content (AvgIpc) is 2.77. The Hall–Kier alpha value is -1.83. The zero-order valence-electron chi connectivity index (χ0n) is 17.8. The molecule has 162 valence electrons. The summed E-state index contributed by atoms with van der Waals surface area (Å²) in [7, 11) is 1.69. The molecule has 1 atom stereocenters. The number of aliphatic imine (C=N–C) groups is 1. The molecule has 7 nitrogen and oxygen atoms in total. The average molecular weight is 405 g/mol. The molecule has 1 saturated heterocycles. The number of hydrogen-bond donors (Lipinski definition) is 3. The Balaban J connectivity index is 1.71. The summed E-state index contributed by atoms with van der Waals surface area (Å²) in [5.41, 5.74) is 1.24. The van der Waals surface area contributed by atoms with E-state index in [0.29, 0.717) is 12.6 Å². The van der Waals surface area contributed by atoms with Crippen molar-refractivity contribution < 1.29 is 14.6 Å². The highest BCUT2D eigenvalue weighted by Gasteiger charge is 2.24. The van der Waals surface area contributed by atoms with E-state index < -0.39 is 0 Å². The molecule has 3 rings (SSSR count). The number of morpholine rings is 1. The molecular weight excluding hydrogens is 368 g/mol. The molecule has 1 aliphatic heterocycles. The Morgan fingerprint density at radius 1 is 1.21 bits per heavy atom. The standard InChI is InChI=1S/C22H36N4O3/c1-3-23-22(25-18-6-8-19(27)9-7-18)24-16-21(26-12-14-29-15-13-26)17-4-10-20(28-2)11-5-17/h4-5,10-11,18-19,21,27H,3,6-9,12-16H2,1-2H3,(H2,23,24,25). The van der Waals surface area contributed by atoms with E-state index in [2.05, 4.69) is 34.6 Å². The van der Waals surface area contributed by atoms with E-state index >= 15 is 0 Å². The van der Waals surface area contributed by atoms with Crippen molar-refractivity contribution >= 4 is 5.96 Å². The van der Waals surface area contributed by atoms with Gasteiger partial charge in [-0.25, -0.2) is 0 Å². The van der Waals surface area contributed by atoms with Crippen LogP contribution in [0.4, 0.5) is 0 Å². The number of nitrogens with one attached hydrogen (secondary N) is 2. The van der Waals surface area contributed by atoms with Crippen LogP contribution in [0.15, 0.2) is 29.3 Å². The van der Waals surface area contributed by atoms with E-state index in [0.717, 1.165) is 70.2 Å². The predicted octanol–water partition coefficient (Wildman–Crippen LogP) is 1.93. The SMILES string of the molecule is CCNC(=NCC(c1ccc(OC)cc1)N1CCOCC1)NC1CCC(O)CC1. The first kappa shape index (κ1) is 21.9. The van der Waals surface area contributed by atoms with Gasteiger partial charge in [-0.2, -0.15) is 0 Å². The van der Waals surface area contributed by atoms with E-state index in [1.807, 2.05) is 12.1 Å². The molecule has 2 aliphatic rings. The van der Waals surface area contributed by atoms with Crippen molar-refractivity contribution in [3.8, 4) is 5.75 Å². The van der Waals surface area contributed by atoms with Crippen molar-refractivity contribution in [3.63, 3.8) is 0 Å². The summed E-state index contributed by atoms with van der Waals surface area (Å²) >= 11 is 0. The Labute approximate surface area is 174 Å². The summed E-state index contributed by atoms with van der Waals surface area (Å²) in [4.78, 5) is 7.39. The number of ether oxygens (including phenoxy) is 2. The lowest BCUT2D eigenvalue weighted by Gasteiger charge is -2.34. The quantitative estimate of drug-likeness (QED) is 0.476. The maximum Gasteiger partial charge on any atom is 0.191 e. The van der Waals surface area contributed by atoms with Crippen LogP contribution < -0.4 is 15.4 Å². The molecule has 1 aromatic carbocycles. The maximum atomic E-state index is 9.75. The number of aliphatic hydroxyl groups is 1. The van der Waals surface area contributed by atoms with Crippen molar-refractivity contribution in [2.45, 2.75) is 50.8 Å². The third-order valence-corrected chi connectivity index (χ3v) is 5.79. The van der Waals surface area contributed by atoms with Crippen LogP contribution in [0, 0.1) is 0 Å². The van der Waals surface area contributed by atoms with Crippen molar-refractivity contribution in [1.82, 2.24) is 15.5 Å². The minimum atomic E-state index is -0.145. The minimum Gasteiger partial charge on any atom is -0.497 e. The molecule has 1 saturated carbocycles. The number of methoxy groups -OCH3 is 1. The van der Waals surface area contributed by atoms with Gasteiger partial charge >= 0.3 is 0 Å². The molecular formula is C22H36N4O3. The molecule has 7 heteroatoms. The molecule has 2 fully saturated rings. The highest BCUT2D eigenvalue weighted by atomic mass is 16.5. The number of hydrogen-bond acceptors (Lipinski definition) is 5. The summed E-state index contributed by atoms with van der Waals surface area (Å²) in [5, 5.41) is 16.7. The molecule has 0 bridgehead atoms. The first-order valence-electron chi connectivity index (χ1n) is 10.9. The van der Waals surface area contributed by atoms with Crippen molar-refractivity contribution in [3.05, 3.63) is 29.8 Å². The van der Waals surface area contributed by atoms with Crippen LogP contribution in [0.25, 0.3) is 0 Å². The largest absolute Gasteiger partial charge is 0.497 e. The second-order valence-corrected chi connectivity index (χ2v) is 7.81.